The third-order valence-corrected chi connectivity index (χ3v) is 4.77. The Hall–Kier alpha value is -2.68. The van der Waals surface area contributed by atoms with E-state index in [2.05, 4.69) is 5.32 Å². The number of imide groups is 1. The Labute approximate surface area is 140 Å². The van der Waals surface area contributed by atoms with E-state index < -0.39 is 0 Å². The van der Waals surface area contributed by atoms with Gasteiger partial charge in [0.15, 0.2) is 0 Å². The van der Waals surface area contributed by atoms with Gasteiger partial charge in [-0.05, 0) is 31.0 Å². The fourth-order valence-corrected chi connectivity index (χ4v) is 3.55. The topological polar surface area (TPSA) is 90.3 Å². The quantitative estimate of drug-likeness (QED) is 0.858. The molecule has 0 radical (unpaired) electrons. The Bertz CT molecular complexity index is 698. The van der Waals surface area contributed by atoms with Crippen LogP contribution in [0.3, 0.4) is 0 Å². The van der Waals surface area contributed by atoms with Crippen molar-refractivity contribution in [3.05, 3.63) is 29.8 Å². The molecular formula is C18H19N3O3. The van der Waals surface area contributed by atoms with E-state index in [0.717, 1.165) is 25.7 Å². The van der Waals surface area contributed by atoms with Gasteiger partial charge in [0.1, 0.15) is 0 Å². The normalized spacial score (nSPS) is 22.9. The number of anilines is 1. The number of nitriles is 1. The first-order valence-electron chi connectivity index (χ1n) is 8.25. The Morgan fingerprint density at radius 1 is 1.21 bits per heavy atom. The van der Waals surface area contributed by atoms with Gasteiger partial charge in [-0.15, -0.1) is 0 Å². The summed E-state index contributed by atoms with van der Waals surface area (Å²) in [7, 11) is 0. The molecule has 3 rings (SSSR count). The smallest absolute Gasteiger partial charge is 0.233 e. The Kier molecular flexibility index (Phi) is 4.61. The summed E-state index contributed by atoms with van der Waals surface area (Å²) in [5.74, 6) is -0.878. The van der Waals surface area contributed by atoms with Gasteiger partial charge >= 0.3 is 0 Å². The number of carbonyl (C=O) groups excluding carboxylic acids is 3. The number of benzene rings is 1. The maximum absolute atomic E-state index is 12.3. The zero-order chi connectivity index (χ0) is 17.1. The molecule has 1 aromatic carbocycles. The van der Waals surface area contributed by atoms with Crippen LogP contribution in [0.15, 0.2) is 24.3 Å². The summed E-state index contributed by atoms with van der Waals surface area (Å²) < 4.78 is 0. The minimum absolute atomic E-state index is 0.0632. The van der Waals surface area contributed by atoms with Gasteiger partial charge in [-0.3, -0.25) is 19.3 Å². The molecule has 2 fully saturated rings. The molecule has 6 nitrogen and oxygen atoms in total. The lowest BCUT2D eigenvalue weighted by Crippen LogP contribution is -2.34. The summed E-state index contributed by atoms with van der Waals surface area (Å²) in [6.07, 6.45) is 3.60. The highest BCUT2D eigenvalue weighted by molar-refractivity contribution is 6.05. The first-order valence-corrected chi connectivity index (χ1v) is 8.25. The molecule has 124 valence electrons. The highest BCUT2D eigenvalue weighted by Crippen LogP contribution is 2.37. The molecule has 1 N–H and O–H groups in total. The molecule has 0 bridgehead atoms. The van der Waals surface area contributed by atoms with E-state index in [1.807, 2.05) is 6.07 Å². The number of fused-ring (bicyclic) bond motifs is 1. The minimum atomic E-state index is -0.277. The standard InChI is InChI=1S/C18H19N3O3/c19-11-12-4-3-5-13(10-12)20-16(22)8-9-21-17(23)14-6-1-2-7-15(14)18(21)24/h3-5,10,14-15H,1-2,6-9H2,(H,20,22)/t14-,15-/m1/s1. The van der Waals surface area contributed by atoms with Crippen LogP contribution in [0, 0.1) is 23.2 Å². The molecule has 24 heavy (non-hydrogen) atoms. The van der Waals surface area contributed by atoms with Crippen molar-refractivity contribution >= 4 is 23.4 Å². The third-order valence-electron chi connectivity index (χ3n) is 4.77. The van der Waals surface area contributed by atoms with Gasteiger partial charge in [0, 0.05) is 18.7 Å². The van der Waals surface area contributed by atoms with E-state index in [1.165, 1.54) is 4.90 Å². The highest BCUT2D eigenvalue weighted by atomic mass is 16.2. The fourth-order valence-electron chi connectivity index (χ4n) is 3.55. The van der Waals surface area contributed by atoms with Gasteiger partial charge in [-0.2, -0.15) is 5.26 Å². The predicted molar refractivity (Wildman–Crippen MR) is 86.6 cm³/mol. The molecule has 1 aliphatic carbocycles. The minimum Gasteiger partial charge on any atom is -0.326 e. The number of likely N-dealkylation sites (tertiary alicyclic amines) is 1. The molecule has 2 aliphatic rings. The lowest BCUT2D eigenvalue weighted by atomic mass is 9.81. The number of nitrogens with zero attached hydrogens (tertiary/aromatic N) is 2. The summed E-state index contributed by atoms with van der Waals surface area (Å²) in [6, 6.07) is 8.62. The monoisotopic (exact) mass is 325 g/mol. The van der Waals surface area contributed by atoms with Gasteiger partial charge in [0.2, 0.25) is 17.7 Å². The molecule has 1 aliphatic heterocycles. The second-order valence-electron chi connectivity index (χ2n) is 6.32. The van der Waals surface area contributed by atoms with Crippen LogP contribution < -0.4 is 5.32 Å². The van der Waals surface area contributed by atoms with Crippen molar-refractivity contribution in [1.82, 2.24) is 4.90 Å². The van der Waals surface area contributed by atoms with Crippen molar-refractivity contribution in [3.8, 4) is 6.07 Å². The van der Waals surface area contributed by atoms with Crippen LogP contribution >= 0.6 is 0 Å². The van der Waals surface area contributed by atoms with Crippen LogP contribution in [0.2, 0.25) is 0 Å². The number of hydrogen-bond acceptors (Lipinski definition) is 4. The molecular weight excluding hydrogens is 306 g/mol. The molecule has 1 heterocycles. The van der Waals surface area contributed by atoms with E-state index in [1.54, 1.807) is 24.3 Å². The van der Waals surface area contributed by atoms with Crippen molar-refractivity contribution in [2.75, 3.05) is 11.9 Å². The average molecular weight is 325 g/mol. The lowest BCUT2D eigenvalue weighted by molar-refractivity contribution is -0.140. The summed E-state index contributed by atoms with van der Waals surface area (Å²) in [4.78, 5) is 38.0. The molecule has 6 heteroatoms. The first kappa shape index (κ1) is 16.2. The molecule has 1 aromatic rings. The van der Waals surface area contributed by atoms with E-state index in [9.17, 15) is 14.4 Å². The summed E-state index contributed by atoms with van der Waals surface area (Å²) >= 11 is 0. The van der Waals surface area contributed by atoms with Crippen LogP contribution in [0.5, 0.6) is 0 Å². The SMILES string of the molecule is N#Cc1cccc(NC(=O)CCN2C(=O)[C@@H]3CCCC[C@H]3C2=O)c1. The van der Waals surface area contributed by atoms with Gasteiger partial charge < -0.3 is 5.32 Å². The first-order chi connectivity index (χ1) is 11.6. The third kappa shape index (κ3) is 3.16. The number of nitrogens with one attached hydrogen (secondary N) is 1. The molecule has 0 unspecified atom stereocenters. The Balaban J connectivity index is 1.57. The van der Waals surface area contributed by atoms with Crippen LogP contribution in [-0.2, 0) is 14.4 Å². The predicted octanol–water partition coefficient (Wildman–Crippen LogP) is 2.06. The van der Waals surface area contributed by atoms with Crippen molar-refractivity contribution in [2.24, 2.45) is 11.8 Å². The van der Waals surface area contributed by atoms with Crippen LogP contribution in [0.4, 0.5) is 5.69 Å². The van der Waals surface area contributed by atoms with E-state index in [4.69, 9.17) is 5.26 Å². The van der Waals surface area contributed by atoms with Gasteiger partial charge in [0.05, 0.1) is 23.5 Å². The number of carbonyl (C=O) groups is 3. The molecule has 0 aromatic heterocycles. The van der Waals surface area contributed by atoms with Crippen molar-refractivity contribution in [1.29, 1.82) is 5.26 Å². The van der Waals surface area contributed by atoms with Crippen LogP contribution in [0.1, 0.15) is 37.7 Å². The molecule has 1 saturated heterocycles. The van der Waals surface area contributed by atoms with Gasteiger partial charge in [0.25, 0.3) is 0 Å². The van der Waals surface area contributed by atoms with Gasteiger partial charge in [-0.25, -0.2) is 0 Å². The lowest BCUT2D eigenvalue weighted by Gasteiger charge is -2.19. The van der Waals surface area contributed by atoms with Crippen LogP contribution in [0.25, 0.3) is 0 Å². The highest BCUT2D eigenvalue weighted by Gasteiger charge is 2.47. The second-order valence-corrected chi connectivity index (χ2v) is 6.32. The maximum Gasteiger partial charge on any atom is 0.233 e. The zero-order valence-electron chi connectivity index (χ0n) is 13.3. The van der Waals surface area contributed by atoms with Crippen LogP contribution in [-0.4, -0.2) is 29.2 Å². The fraction of sp³-hybridized carbons (Fsp3) is 0.444. The second kappa shape index (κ2) is 6.83. The largest absolute Gasteiger partial charge is 0.326 e. The molecule has 0 spiro atoms. The number of amides is 3. The van der Waals surface area contributed by atoms with Crippen molar-refractivity contribution in [2.45, 2.75) is 32.1 Å². The average Bonchev–Trinajstić information content (AvgIpc) is 2.84. The number of rotatable bonds is 4. The maximum atomic E-state index is 12.3. The van der Waals surface area contributed by atoms with Crippen molar-refractivity contribution < 1.29 is 14.4 Å². The van der Waals surface area contributed by atoms with Crippen molar-refractivity contribution in [3.63, 3.8) is 0 Å². The summed E-state index contributed by atoms with van der Waals surface area (Å²) in [5, 5.41) is 11.6. The molecule has 2 atom stereocenters. The Morgan fingerprint density at radius 3 is 2.50 bits per heavy atom. The number of hydrogen-bond donors (Lipinski definition) is 1. The molecule has 1 saturated carbocycles. The molecule has 3 amide bonds. The van der Waals surface area contributed by atoms with E-state index in [0.29, 0.717) is 11.3 Å². The van der Waals surface area contributed by atoms with E-state index >= 15 is 0 Å². The summed E-state index contributed by atoms with van der Waals surface area (Å²) in [6.45, 7) is 0.119. The van der Waals surface area contributed by atoms with Gasteiger partial charge in [-0.1, -0.05) is 18.9 Å². The van der Waals surface area contributed by atoms with E-state index in [-0.39, 0.29) is 42.5 Å². The Morgan fingerprint density at radius 2 is 1.88 bits per heavy atom. The zero-order valence-corrected chi connectivity index (χ0v) is 13.3. The summed E-state index contributed by atoms with van der Waals surface area (Å²) in [5.41, 5.74) is 0.994.